The topological polar surface area (TPSA) is 38.3 Å². The second-order valence-electron chi connectivity index (χ2n) is 3.60. The number of carbonyl (C=O) groups is 1. The summed E-state index contributed by atoms with van der Waals surface area (Å²) < 4.78 is 5.04. The minimum atomic E-state index is -0.0234. The van der Waals surface area contributed by atoms with Gasteiger partial charge >= 0.3 is 0 Å². The van der Waals surface area contributed by atoms with E-state index in [9.17, 15) is 4.79 Å². The van der Waals surface area contributed by atoms with Gasteiger partial charge in [0.2, 0.25) is 0 Å². The molecule has 0 unspecified atom stereocenters. The van der Waals surface area contributed by atoms with Gasteiger partial charge in [0.05, 0.1) is 7.11 Å². The molecule has 17 heavy (non-hydrogen) atoms. The third-order valence-electron chi connectivity index (χ3n) is 2.23. The number of benzene rings is 1. The zero-order valence-electron chi connectivity index (χ0n) is 10.4. The zero-order chi connectivity index (χ0) is 12.5. The lowest BCUT2D eigenvalue weighted by Crippen LogP contribution is -2.25. The van der Waals surface area contributed by atoms with Gasteiger partial charge in [-0.1, -0.05) is 6.92 Å². The average molecular weight is 253 g/mol. The van der Waals surface area contributed by atoms with E-state index in [1.807, 2.05) is 11.8 Å². The first-order valence-corrected chi connectivity index (χ1v) is 6.93. The molecule has 1 aromatic rings. The molecule has 0 aliphatic rings. The number of hydrogen-bond acceptors (Lipinski definition) is 3. The number of rotatable bonds is 7. The maximum absolute atomic E-state index is 11.7. The van der Waals surface area contributed by atoms with Crippen molar-refractivity contribution in [3.05, 3.63) is 29.8 Å². The Kier molecular flexibility index (Phi) is 6.55. The molecule has 0 atom stereocenters. The quantitative estimate of drug-likeness (QED) is 0.759. The lowest BCUT2D eigenvalue weighted by molar-refractivity contribution is 0.0956. The van der Waals surface area contributed by atoms with Crippen molar-refractivity contribution < 1.29 is 9.53 Å². The van der Waals surface area contributed by atoms with Gasteiger partial charge in [0.1, 0.15) is 5.75 Å². The highest BCUT2D eigenvalue weighted by molar-refractivity contribution is 7.99. The molecule has 0 aliphatic carbocycles. The maximum Gasteiger partial charge on any atom is 0.251 e. The van der Waals surface area contributed by atoms with Gasteiger partial charge in [-0.25, -0.2) is 0 Å². The highest BCUT2D eigenvalue weighted by atomic mass is 32.2. The van der Waals surface area contributed by atoms with E-state index in [0.717, 1.165) is 23.8 Å². The molecule has 0 bridgehead atoms. The number of ether oxygens (including phenoxy) is 1. The Labute approximate surface area is 107 Å². The molecule has 0 heterocycles. The van der Waals surface area contributed by atoms with Crippen LogP contribution in [0.1, 0.15) is 23.7 Å². The second kappa shape index (κ2) is 8.01. The van der Waals surface area contributed by atoms with Crippen LogP contribution in [0.25, 0.3) is 0 Å². The summed E-state index contributed by atoms with van der Waals surface area (Å²) in [6.45, 7) is 2.87. The van der Waals surface area contributed by atoms with E-state index in [4.69, 9.17) is 4.74 Å². The van der Waals surface area contributed by atoms with E-state index in [1.165, 1.54) is 6.42 Å². The lowest BCUT2D eigenvalue weighted by atomic mass is 10.2. The lowest BCUT2D eigenvalue weighted by Gasteiger charge is -2.05. The third kappa shape index (κ3) is 5.13. The predicted octanol–water partition coefficient (Wildman–Crippen LogP) is 2.57. The number of amides is 1. The van der Waals surface area contributed by atoms with Crippen LogP contribution in [0.3, 0.4) is 0 Å². The van der Waals surface area contributed by atoms with Gasteiger partial charge < -0.3 is 10.1 Å². The molecule has 1 aromatic carbocycles. The van der Waals surface area contributed by atoms with E-state index in [1.54, 1.807) is 31.4 Å². The van der Waals surface area contributed by atoms with Crippen LogP contribution in [0.15, 0.2) is 24.3 Å². The highest BCUT2D eigenvalue weighted by Crippen LogP contribution is 2.11. The van der Waals surface area contributed by atoms with Crippen molar-refractivity contribution in [1.29, 1.82) is 0 Å². The summed E-state index contributed by atoms with van der Waals surface area (Å²) in [4.78, 5) is 11.7. The fourth-order valence-electron chi connectivity index (χ4n) is 1.33. The molecule has 1 amide bonds. The van der Waals surface area contributed by atoms with Gasteiger partial charge in [0.25, 0.3) is 5.91 Å². The largest absolute Gasteiger partial charge is 0.497 e. The smallest absolute Gasteiger partial charge is 0.251 e. The van der Waals surface area contributed by atoms with Crippen molar-refractivity contribution >= 4 is 17.7 Å². The van der Waals surface area contributed by atoms with E-state index >= 15 is 0 Å². The van der Waals surface area contributed by atoms with Gasteiger partial charge in [-0.3, -0.25) is 4.79 Å². The van der Waals surface area contributed by atoms with Gasteiger partial charge in [-0.15, -0.1) is 0 Å². The van der Waals surface area contributed by atoms with Crippen LogP contribution < -0.4 is 10.1 Å². The summed E-state index contributed by atoms with van der Waals surface area (Å²) >= 11 is 1.86. The summed E-state index contributed by atoms with van der Waals surface area (Å²) in [5, 5.41) is 2.89. The van der Waals surface area contributed by atoms with Crippen molar-refractivity contribution in [1.82, 2.24) is 5.32 Å². The number of nitrogens with one attached hydrogen (secondary N) is 1. The molecule has 3 nitrogen and oxygen atoms in total. The highest BCUT2D eigenvalue weighted by Gasteiger charge is 2.04. The van der Waals surface area contributed by atoms with Crippen LogP contribution in [0, 0.1) is 0 Å². The molecule has 0 aliphatic heterocycles. The molecule has 0 aromatic heterocycles. The van der Waals surface area contributed by atoms with Gasteiger partial charge in [0.15, 0.2) is 0 Å². The fraction of sp³-hybridized carbons (Fsp3) is 0.462. The maximum atomic E-state index is 11.7. The second-order valence-corrected chi connectivity index (χ2v) is 4.82. The number of hydrogen-bond donors (Lipinski definition) is 1. The molecule has 1 N–H and O–H groups in total. The molecular formula is C13H19NO2S. The van der Waals surface area contributed by atoms with Crippen LogP contribution in [-0.2, 0) is 0 Å². The molecule has 0 saturated carbocycles. The molecule has 94 valence electrons. The van der Waals surface area contributed by atoms with Crippen molar-refractivity contribution in [2.75, 3.05) is 25.2 Å². The van der Waals surface area contributed by atoms with E-state index in [0.29, 0.717) is 5.56 Å². The minimum Gasteiger partial charge on any atom is -0.497 e. The molecule has 0 spiro atoms. The van der Waals surface area contributed by atoms with Crippen LogP contribution in [-0.4, -0.2) is 31.1 Å². The molecule has 1 rings (SSSR count). The first-order valence-electron chi connectivity index (χ1n) is 5.78. The summed E-state index contributed by atoms with van der Waals surface area (Å²) in [7, 11) is 1.61. The normalized spacial score (nSPS) is 10.0. The SMILES string of the molecule is CCCSCCNC(=O)c1ccc(OC)cc1. The van der Waals surface area contributed by atoms with Crippen LogP contribution >= 0.6 is 11.8 Å². The summed E-state index contributed by atoms with van der Waals surface area (Å²) in [5.74, 6) is 2.86. The summed E-state index contributed by atoms with van der Waals surface area (Å²) in [6, 6.07) is 7.13. The monoisotopic (exact) mass is 253 g/mol. The van der Waals surface area contributed by atoms with E-state index in [2.05, 4.69) is 12.2 Å². The van der Waals surface area contributed by atoms with E-state index < -0.39 is 0 Å². The Bertz CT molecular complexity index is 338. The van der Waals surface area contributed by atoms with Crippen molar-refractivity contribution in [3.63, 3.8) is 0 Å². The van der Waals surface area contributed by atoms with Crippen molar-refractivity contribution in [3.8, 4) is 5.75 Å². The minimum absolute atomic E-state index is 0.0234. The summed E-state index contributed by atoms with van der Waals surface area (Å²) in [6.07, 6.45) is 1.18. The summed E-state index contributed by atoms with van der Waals surface area (Å²) in [5.41, 5.74) is 0.672. The number of thioether (sulfide) groups is 1. The van der Waals surface area contributed by atoms with Crippen molar-refractivity contribution in [2.45, 2.75) is 13.3 Å². The Morgan fingerprint density at radius 3 is 2.59 bits per heavy atom. The zero-order valence-corrected chi connectivity index (χ0v) is 11.2. The van der Waals surface area contributed by atoms with Gasteiger partial charge in [-0.2, -0.15) is 11.8 Å². The molecule has 0 fully saturated rings. The first kappa shape index (κ1) is 13.9. The van der Waals surface area contributed by atoms with Crippen LogP contribution in [0.2, 0.25) is 0 Å². The molecule has 0 radical (unpaired) electrons. The standard InChI is InChI=1S/C13H19NO2S/c1-3-9-17-10-8-14-13(15)11-4-6-12(16-2)7-5-11/h4-7H,3,8-10H2,1-2H3,(H,14,15). The average Bonchev–Trinajstić information content (AvgIpc) is 2.38. The van der Waals surface area contributed by atoms with Crippen LogP contribution in [0.4, 0.5) is 0 Å². The van der Waals surface area contributed by atoms with E-state index in [-0.39, 0.29) is 5.91 Å². The predicted molar refractivity (Wildman–Crippen MR) is 72.9 cm³/mol. The van der Waals surface area contributed by atoms with Crippen LogP contribution in [0.5, 0.6) is 5.75 Å². The molecular weight excluding hydrogens is 234 g/mol. The molecule has 4 heteroatoms. The number of carbonyl (C=O) groups excluding carboxylic acids is 1. The van der Waals surface area contributed by atoms with Gasteiger partial charge in [0, 0.05) is 17.9 Å². The third-order valence-corrected chi connectivity index (χ3v) is 3.42. The van der Waals surface area contributed by atoms with Crippen molar-refractivity contribution in [2.24, 2.45) is 0 Å². The first-order chi connectivity index (χ1) is 8.27. The Hall–Kier alpha value is -1.16. The number of methoxy groups -OCH3 is 1. The van der Waals surface area contributed by atoms with Gasteiger partial charge in [-0.05, 0) is 36.4 Å². The fourth-order valence-corrected chi connectivity index (χ4v) is 2.07. The Balaban J connectivity index is 2.31. The Morgan fingerprint density at radius 1 is 1.29 bits per heavy atom. The molecule has 0 saturated heterocycles. The Morgan fingerprint density at radius 2 is 2.00 bits per heavy atom.